The summed E-state index contributed by atoms with van der Waals surface area (Å²) in [4.78, 5) is 13.4. The molecular weight excluding hydrogens is 190 g/mol. The van der Waals surface area contributed by atoms with Gasteiger partial charge in [0, 0.05) is 6.54 Å². The standard InChI is InChI=1S/C12H16NO2/c1-10-4-6-11(7-5-10)12(14)15-9-8-13(2)3/h4-7H,1,8-9H2,2-3H3. The van der Waals surface area contributed by atoms with Gasteiger partial charge in [0.2, 0.25) is 0 Å². The van der Waals surface area contributed by atoms with Gasteiger partial charge in [-0.1, -0.05) is 12.1 Å². The van der Waals surface area contributed by atoms with Gasteiger partial charge in [-0.2, -0.15) is 0 Å². The molecule has 0 heterocycles. The Bertz CT molecular complexity index is 317. The van der Waals surface area contributed by atoms with Crippen molar-refractivity contribution in [3.8, 4) is 0 Å². The quantitative estimate of drug-likeness (QED) is 0.701. The van der Waals surface area contributed by atoms with Crippen LogP contribution in [0.3, 0.4) is 0 Å². The fraction of sp³-hybridized carbons (Fsp3) is 0.333. The van der Waals surface area contributed by atoms with E-state index in [1.807, 2.05) is 19.0 Å². The molecule has 0 fully saturated rings. The Labute approximate surface area is 90.7 Å². The molecule has 0 aliphatic heterocycles. The summed E-state index contributed by atoms with van der Waals surface area (Å²) in [6.07, 6.45) is 0. The van der Waals surface area contributed by atoms with Crippen LogP contribution in [-0.4, -0.2) is 38.1 Å². The molecular formula is C12H16NO2. The van der Waals surface area contributed by atoms with E-state index in [0.29, 0.717) is 12.2 Å². The van der Waals surface area contributed by atoms with Crippen LogP contribution in [0.2, 0.25) is 0 Å². The van der Waals surface area contributed by atoms with Gasteiger partial charge in [0.1, 0.15) is 6.61 Å². The van der Waals surface area contributed by atoms with Crippen molar-refractivity contribution in [2.24, 2.45) is 0 Å². The van der Waals surface area contributed by atoms with Crippen LogP contribution in [0.5, 0.6) is 0 Å². The van der Waals surface area contributed by atoms with E-state index < -0.39 is 0 Å². The van der Waals surface area contributed by atoms with Gasteiger partial charge in [0.05, 0.1) is 5.56 Å². The maximum Gasteiger partial charge on any atom is 0.338 e. The second kappa shape index (κ2) is 5.51. The van der Waals surface area contributed by atoms with Crippen LogP contribution < -0.4 is 0 Å². The molecule has 1 radical (unpaired) electrons. The number of likely N-dealkylation sites (N-methyl/N-ethyl adjacent to an activating group) is 1. The minimum Gasteiger partial charge on any atom is -0.461 e. The van der Waals surface area contributed by atoms with Crippen LogP contribution in [0.4, 0.5) is 0 Å². The molecule has 0 aliphatic rings. The molecule has 1 rings (SSSR count). The van der Waals surface area contributed by atoms with Crippen molar-refractivity contribution < 1.29 is 9.53 Å². The number of esters is 1. The number of carbonyl (C=O) groups excluding carboxylic acids is 1. The summed E-state index contributed by atoms with van der Waals surface area (Å²) in [5.74, 6) is -0.281. The maximum atomic E-state index is 11.5. The molecule has 0 amide bonds. The van der Waals surface area contributed by atoms with Gasteiger partial charge in [-0.3, -0.25) is 0 Å². The van der Waals surface area contributed by atoms with Crippen molar-refractivity contribution >= 4 is 5.97 Å². The molecule has 1 aromatic rings. The molecule has 81 valence electrons. The van der Waals surface area contributed by atoms with E-state index in [2.05, 4.69) is 6.92 Å². The third-order valence-electron chi connectivity index (χ3n) is 1.96. The molecule has 0 saturated heterocycles. The van der Waals surface area contributed by atoms with E-state index >= 15 is 0 Å². The van der Waals surface area contributed by atoms with Crippen LogP contribution in [0.1, 0.15) is 15.9 Å². The molecule has 0 N–H and O–H groups in total. The summed E-state index contributed by atoms with van der Waals surface area (Å²) < 4.78 is 5.08. The molecule has 3 nitrogen and oxygen atoms in total. The first-order valence-corrected chi connectivity index (χ1v) is 4.83. The highest BCUT2D eigenvalue weighted by atomic mass is 16.5. The van der Waals surface area contributed by atoms with Gasteiger partial charge >= 0.3 is 5.97 Å². The minimum atomic E-state index is -0.281. The first kappa shape index (κ1) is 11.7. The van der Waals surface area contributed by atoms with Crippen molar-refractivity contribution in [2.75, 3.05) is 27.2 Å². The number of rotatable bonds is 4. The third kappa shape index (κ3) is 4.13. The Morgan fingerprint density at radius 3 is 2.47 bits per heavy atom. The first-order chi connectivity index (χ1) is 7.09. The summed E-state index contributed by atoms with van der Waals surface area (Å²) in [6, 6.07) is 7.03. The lowest BCUT2D eigenvalue weighted by Gasteiger charge is -2.09. The SMILES string of the molecule is [CH2]c1ccc(C(=O)OCCN(C)C)cc1. The molecule has 0 spiro atoms. The fourth-order valence-corrected chi connectivity index (χ4v) is 1.05. The predicted molar refractivity (Wildman–Crippen MR) is 59.7 cm³/mol. The second-order valence-electron chi connectivity index (χ2n) is 3.64. The average Bonchev–Trinajstić information content (AvgIpc) is 2.18. The Hall–Kier alpha value is -1.35. The van der Waals surface area contributed by atoms with Crippen LogP contribution in [0, 0.1) is 6.92 Å². The highest BCUT2D eigenvalue weighted by Gasteiger charge is 2.05. The number of benzene rings is 1. The molecule has 0 aliphatic carbocycles. The van der Waals surface area contributed by atoms with Gasteiger partial charge in [0.15, 0.2) is 0 Å². The predicted octanol–water partition coefficient (Wildman–Crippen LogP) is 1.59. The van der Waals surface area contributed by atoms with Gasteiger partial charge < -0.3 is 9.64 Å². The largest absolute Gasteiger partial charge is 0.461 e. The van der Waals surface area contributed by atoms with Crippen LogP contribution in [-0.2, 0) is 4.74 Å². The topological polar surface area (TPSA) is 29.5 Å². The minimum absolute atomic E-state index is 0.281. The third-order valence-corrected chi connectivity index (χ3v) is 1.96. The maximum absolute atomic E-state index is 11.5. The highest BCUT2D eigenvalue weighted by molar-refractivity contribution is 5.89. The normalized spacial score (nSPS) is 10.4. The lowest BCUT2D eigenvalue weighted by molar-refractivity contribution is 0.0482. The molecule has 3 heteroatoms. The van der Waals surface area contributed by atoms with Crippen molar-refractivity contribution in [1.29, 1.82) is 0 Å². The Balaban J connectivity index is 2.43. The summed E-state index contributed by atoms with van der Waals surface area (Å²) in [7, 11) is 3.87. The van der Waals surface area contributed by atoms with Crippen molar-refractivity contribution in [1.82, 2.24) is 4.90 Å². The molecule has 0 unspecified atom stereocenters. The number of carbonyl (C=O) groups is 1. The molecule has 0 aromatic heterocycles. The number of hydrogen-bond donors (Lipinski definition) is 0. The van der Waals surface area contributed by atoms with Crippen LogP contribution in [0.25, 0.3) is 0 Å². The first-order valence-electron chi connectivity index (χ1n) is 4.83. The summed E-state index contributed by atoms with van der Waals surface area (Å²) in [5, 5.41) is 0. The highest BCUT2D eigenvalue weighted by Crippen LogP contribution is 2.04. The van der Waals surface area contributed by atoms with E-state index in [1.54, 1.807) is 24.3 Å². The van der Waals surface area contributed by atoms with Crippen LogP contribution in [0.15, 0.2) is 24.3 Å². The number of nitrogens with zero attached hydrogens (tertiary/aromatic N) is 1. The molecule has 15 heavy (non-hydrogen) atoms. The monoisotopic (exact) mass is 206 g/mol. The summed E-state index contributed by atoms with van der Waals surface area (Å²) in [6.45, 7) is 4.90. The van der Waals surface area contributed by atoms with E-state index in [-0.39, 0.29) is 5.97 Å². The zero-order valence-corrected chi connectivity index (χ0v) is 9.19. The summed E-state index contributed by atoms with van der Waals surface area (Å²) >= 11 is 0. The fourth-order valence-electron chi connectivity index (χ4n) is 1.05. The van der Waals surface area contributed by atoms with E-state index in [9.17, 15) is 4.79 Å². The smallest absolute Gasteiger partial charge is 0.338 e. The molecule has 0 saturated carbocycles. The van der Waals surface area contributed by atoms with Gasteiger partial charge in [-0.15, -0.1) is 0 Å². The number of ether oxygens (including phenoxy) is 1. The van der Waals surface area contributed by atoms with E-state index in [0.717, 1.165) is 12.1 Å². The lowest BCUT2D eigenvalue weighted by atomic mass is 10.1. The second-order valence-corrected chi connectivity index (χ2v) is 3.64. The van der Waals surface area contributed by atoms with E-state index in [1.165, 1.54) is 0 Å². The van der Waals surface area contributed by atoms with Crippen LogP contribution >= 0.6 is 0 Å². The Morgan fingerprint density at radius 2 is 1.93 bits per heavy atom. The Kier molecular flexibility index (Phi) is 4.31. The van der Waals surface area contributed by atoms with Gasteiger partial charge in [-0.25, -0.2) is 4.79 Å². The van der Waals surface area contributed by atoms with Gasteiger partial charge in [-0.05, 0) is 38.7 Å². The Morgan fingerprint density at radius 1 is 1.33 bits per heavy atom. The van der Waals surface area contributed by atoms with Gasteiger partial charge in [0.25, 0.3) is 0 Å². The lowest BCUT2D eigenvalue weighted by Crippen LogP contribution is -2.20. The van der Waals surface area contributed by atoms with Crippen molar-refractivity contribution in [3.05, 3.63) is 42.3 Å². The average molecular weight is 206 g/mol. The van der Waals surface area contributed by atoms with Crippen molar-refractivity contribution in [3.63, 3.8) is 0 Å². The molecule has 1 aromatic carbocycles. The van der Waals surface area contributed by atoms with E-state index in [4.69, 9.17) is 4.74 Å². The van der Waals surface area contributed by atoms with Crippen molar-refractivity contribution in [2.45, 2.75) is 0 Å². The number of hydrogen-bond acceptors (Lipinski definition) is 3. The molecule has 0 bridgehead atoms. The molecule has 0 atom stereocenters. The zero-order valence-electron chi connectivity index (χ0n) is 9.19. The zero-order chi connectivity index (χ0) is 11.3. The summed E-state index contributed by atoms with van der Waals surface area (Å²) in [5.41, 5.74) is 1.46.